The second kappa shape index (κ2) is 18.6. The summed E-state index contributed by atoms with van der Waals surface area (Å²) in [5.74, 6) is -1.06. The quantitative estimate of drug-likeness (QED) is 0.0875. The molecule has 3 aromatic carbocycles. The average Bonchev–Trinajstić information content (AvgIpc) is 3.92. The molecule has 3 fully saturated rings. The zero-order valence-corrected chi connectivity index (χ0v) is 40.2. The lowest BCUT2D eigenvalue weighted by molar-refractivity contribution is -0.134. The average molecular weight is 973 g/mol. The van der Waals surface area contributed by atoms with E-state index in [1.807, 2.05) is 97.7 Å². The number of imide groups is 1. The third-order valence-electron chi connectivity index (χ3n) is 14.8. The monoisotopic (exact) mass is 972 g/mol. The highest BCUT2D eigenvalue weighted by Crippen LogP contribution is 2.53. The van der Waals surface area contributed by atoms with Crippen molar-refractivity contribution in [3.63, 3.8) is 0 Å². The zero-order chi connectivity index (χ0) is 49.0. The Morgan fingerprint density at radius 2 is 1.75 bits per heavy atom. The number of benzene rings is 3. The van der Waals surface area contributed by atoms with Crippen molar-refractivity contribution in [2.45, 2.75) is 64.3 Å². The van der Waals surface area contributed by atoms with Crippen LogP contribution in [0, 0.1) is 18.3 Å². The van der Waals surface area contributed by atoms with Crippen LogP contribution in [0.1, 0.15) is 87.8 Å². The van der Waals surface area contributed by atoms with Crippen LogP contribution in [0.25, 0.3) is 32.2 Å². The molecule has 1 aliphatic carbocycles. The number of pyridine rings is 2. The molecule has 7 aromatic rings. The smallest absolute Gasteiger partial charge is 0.355 e. The van der Waals surface area contributed by atoms with Crippen molar-refractivity contribution in [1.29, 1.82) is 0 Å². The summed E-state index contributed by atoms with van der Waals surface area (Å²) in [6, 6.07) is 24.6. The standard InChI is InChI=1S/C53H52N10O7S/c1-30-34(35-12-14-43(57-48(35)51(68)69)63-21-17-32-16-20-54-47(38(32)27-63)50(67)59-52-56-39-7-3-4-9-42(39)71-52)6-5-8-41(30)70-29-31-25-53(26-31)18-22-62(23-19-53)28-45(65)55-33-10-11-36-40(24-33)61(2)60-46(36)37-13-15-44(64)58-49(37)66/h3-12,14,16,20,24,31,37H,13,15,17-19,21-23,25-29H2,1-2H3,(H,55,65)(H,68,69)(H,56,59,67)(H,58,64,66). The number of likely N-dealkylation sites (tertiary alicyclic amines) is 1. The van der Waals surface area contributed by atoms with Gasteiger partial charge in [0.05, 0.1) is 40.5 Å². The predicted molar refractivity (Wildman–Crippen MR) is 269 cm³/mol. The van der Waals surface area contributed by atoms with Gasteiger partial charge >= 0.3 is 5.97 Å². The van der Waals surface area contributed by atoms with Crippen LogP contribution >= 0.6 is 11.3 Å². The molecule has 4 amide bonds. The molecule has 18 heteroatoms. The Hall–Kier alpha value is -7.57. The molecule has 1 spiro atoms. The van der Waals surface area contributed by atoms with E-state index in [1.165, 1.54) is 11.3 Å². The van der Waals surface area contributed by atoms with E-state index in [0.717, 1.165) is 82.1 Å². The molecule has 0 bridgehead atoms. The largest absolute Gasteiger partial charge is 0.493 e. The third-order valence-corrected chi connectivity index (χ3v) is 15.8. The minimum absolute atomic E-state index is 0.0633. The highest BCUT2D eigenvalue weighted by molar-refractivity contribution is 7.22. The van der Waals surface area contributed by atoms with Crippen LogP contribution in [0.2, 0.25) is 0 Å². The molecular weight excluding hydrogens is 921 g/mol. The van der Waals surface area contributed by atoms with Crippen LogP contribution in [0.5, 0.6) is 5.75 Å². The van der Waals surface area contributed by atoms with Crippen LogP contribution < -0.4 is 25.6 Å². The van der Waals surface area contributed by atoms with E-state index in [9.17, 15) is 29.1 Å². The van der Waals surface area contributed by atoms with Gasteiger partial charge in [0.1, 0.15) is 17.3 Å². The lowest BCUT2D eigenvalue weighted by Crippen LogP contribution is -2.49. The fourth-order valence-corrected chi connectivity index (χ4v) is 11.9. The number of para-hydroxylation sites is 1. The number of carbonyl (C=O) groups excluding carboxylic acids is 4. The Balaban J connectivity index is 0.680. The predicted octanol–water partition coefficient (Wildman–Crippen LogP) is 7.49. The topological polar surface area (TPSA) is 214 Å². The number of fused-ring (bicyclic) bond motifs is 3. The zero-order valence-electron chi connectivity index (χ0n) is 39.4. The molecule has 1 atom stereocenters. The van der Waals surface area contributed by atoms with Crippen molar-refractivity contribution in [1.82, 2.24) is 34.9 Å². The molecule has 0 radical (unpaired) electrons. The summed E-state index contributed by atoms with van der Waals surface area (Å²) in [4.78, 5) is 81.8. The van der Waals surface area contributed by atoms with Gasteiger partial charge in [-0.1, -0.05) is 35.6 Å². The molecule has 2 saturated heterocycles. The summed E-state index contributed by atoms with van der Waals surface area (Å²) in [7, 11) is 1.81. The number of aryl methyl sites for hydroxylation is 1. The molecule has 362 valence electrons. The number of anilines is 3. The summed E-state index contributed by atoms with van der Waals surface area (Å²) < 4.78 is 9.14. The van der Waals surface area contributed by atoms with Crippen molar-refractivity contribution >= 4 is 78.7 Å². The van der Waals surface area contributed by atoms with Gasteiger partial charge in [-0.25, -0.2) is 14.8 Å². The van der Waals surface area contributed by atoms with Gasteiger partial charge in [0.15, 0.2) is 10.8 Å². The molecular formula is C53H52N10O7S. The van der Waals surface area contributed by atoms with Crippen molar-refractivity contribution in [3.8, 4) is 16.9 Å². The number of carbonyl (C=O) groups is 5. The van der Waals surface area contributed by atoms with Gasteiger partial charge in [0.2, 0.25) is 17.7 Å². The van der Waals surface area contributed by atoms with Gasteiger partial charge < -0.3 is 20.1 Å². The highest BCUT2D eigenvalue weighted by Gasteiger charge is 2.46. The number of hydrogen-bond donors (Lipinski definition) is 4. The summed E-state index contributed by atoms with van der Waals surface area (Å²) in [6.45, 7) is 5.40. The van der Waals surface area contributed by atoms with E-state index >= 15 is 0 Å². The number of carboxylic acid groups (broad SMARTS) is 1. The lowest BCUT2D eigenvalue weighted by Gasteiger charge is -2.52. The van der Waals surface area contributed by atoms with E-state index < -0.39 is 11.9 Å². The number of ether oxygens (including phenoxy) is 1. The number of nitrogens with one attached hydrogen (secondary N) is 3. The first kappa shape index (κ1) is 45.8. The summed E-state index contributed by atoms with van der Waals surface area (Å²) >= 11 is 1.40. The molecule has 4 aromatic heterocycles. The maximum atomic E-state index is 13.6. The van der Waals surface area contributed by atoms with Crippen LogP contribution in [0.3, 0.4) is 0 Å². The number of aromatic nitrogens is 5. The Labute approximate surface area is 412 Å². The summed E-state index contributed by atoms with van der Waals surface area (Å²) in [5, 5.41) is 24.8. The fourth-order valence-electron chi connectivity index (χ4n) is 11.1. The van der Waals surface area contributed by atoms with E-state index in [2.05, 4.69) is 35.9 Å². The normalized spacial score (nSPS) is 18.0. The van der Waals surface area contributed by atoms with Crippen molar-refractivity contribution in [3.05, 3.63) is 119 Å². The number of aromatic carboxylic acids is 1. The number of nitrogens with zero attached hydrogens (tertiary/aromatic N) is 7. The van der Waals surface area contributed by atoms with Gasteiger partial charge in [-0.3, -0.25) is 44.4 Å². The second-order valence-corrected chi connectivity index (χ2v) is 20.4. The minimum atomic E-state index is -1.14. The second-order valence-electron chi connectivity index (χ2n) is 19.4. The fraction of sp³-hybridized carbons (Fsp3) is 0.340. The Morgan fingerprint density at radius 3 is 2.55 bits per heavy atom. The van der Waals surface area contributed by atoms with E-state index in [4.69, 9.17) is 9.72 Å². The highest BCUT2D eigenvalue weighted by atomic mass is 32.1. The molecule has 11 rings (SSSR count). The molecule has 4 N–H and O–H groups in total. The summed E-state index contributed by atoms with van der Waals surface area (Å²) in [5.41, 5.74) is 7.23. The van der Waals surface area contributed by atoms with Crippen LogP contribution in [0.4, 0.5) is 16.6 Å². The van der Waals surface area contributed by atoms with Crippen LogP contribution in [0.15, 0.2) is 85.1 Å². The number of amides is 4. The first-order chi connectivity index (χ1) is 34.4. The van der Waals surface area contributed by atoms with E-state index in [1.54, 1.807) is 10.9 Å². The molecule has 4 aliphatic rings. The van der Waals surface area contributed by atoms with Crippen molar-refractivity contribution < 1.29 is 33.8 Å². The maximum Gasteiger partial charge on any atom is 0.355 e. The Kier molecular flexibility index (Phi) is 12.0. The van der Waals surface area contributed by atoms with Crippen LogP contribution in [-0.2, 0) is 34.4 Å². The Morgan fingerprint density at radius 1 is 0.915 bits per heavy atom. The SMILES string of the molecule is Cc1c(OCC2CC3(CCN(CC(=O)Nc4ccc5c(C6CCC(=O)NC6=O)nn(C)c5c4)CC3)C2)cccc1-c1ccc(N2CCc3ccnc(C(=O)Nc4nc5ccccc5s4)c3C2)nc1C(=O)O. The van der Waals surface area contributed by atoms with Crippen molar-refractivity contribution in [2.75, 3.05) is 48.3 Å². The lowest BCUT2D eigenvalue weighted by atomic mass is 9.58. The molecule has 1 saturated carbocycles. The van der Waals surface area contributed by atoms with Gasteiger partial charge in [-0.15, -0.1) is 0 Å². The van der Waals surface area contributed by atoms with E-state index in [-0.39, 0.29) is 41.2 Å². The molecule has 17 nitrogen and oxygen atoms in total. The first-order valence-corrected chi connectivity index (χ1v) is 24.9. The molecule has 7 heterocycles. The maximum absolute atomic E-state index is 13.6. The number of thiazole rings is 1. The third kappa shape index (κ3) is 9.08. The van der Waals surface area contributed by atoms with Crippen LogP contribution in [-0.4, -0.2) is 97.1 Å². The molecule has 1 unspecified atom stereocenters. The Bertz CT molecular complexity index is 3260. The van der Waals surface area contributed by atoms with Gasteiger partial charge in [0.25, 0.3) is 5.91 Å². The van der Waals surface area contributed by atoms with Gasteiger partial charge in [0, 0.05) is 55.0 Å². The first-order valence-electron chi connectivity index (χ1n) is 24.1. The van der Waals surface area contributed by atoms with E-state index in [0.29, 0.717) is 84.3 Å². The van der Waals surface area contributed by atoms with Gasteiger partial charge in [-0.05, 0) is 141 Å². The molecule has 71 heavy (non-hydrogen) atoms. The number of rotatable bonds is 12. The molecule has 3 aliphatic heterocycles. The number of piperidine rings is 2. The van der Waals surface area contributed by atoms with Crippen molar-refractivity contribution in [2.24, 2.45) is 18.4 Å². The summed E-state index contributed by atoms with van der Waals surface area (Å²) in [6.07, 6.45) is 7.11. The number of carboxylic acids is 1. The minimum Gasteiger partial charge on any atom is -0.493 e. The number of hydrogen-bond acceptors (Lipinski definition) is 13. The van der Waals surface area contributed by atoms with Gasteiger partial charge in [-0.2, -0.15) is 5.10 Å².